The lowest BCUT2D eigenvalue weighted by Gasteiger charge is -2.27. The average Bonchev–Trinajstić information content (AvgIpc) is 3.91. The lowest BCUT2D eigenvalue weighted by atomic mass is 10.0. The smallest absolute Gasteiger partial charge is 0.137 e. The fourth-order valence-corrected chi connectivity index (χ4v) is 8.56. The molecule has 260 valence electrons. The number of nitriles is 2. The Morgan fingerprint density at radius 2 is 1.00 bits per heavy atom. The van der Waals surface area contributed by atoms with Gasteiger partial charge in [-0.05, 0) is 78.9 Å². The summed E-state index contributed by atoms with van der Waals surface area (Å²) in [4.78, 5) is 2.12. The summed E-state index contributed by atoms with van der Waals surface area (Å²) < 4.78 is 10.8. The van der Waals surface area contributed by atoms with E-state index in [9.17, 15) is 10.5 Å². The van der Waals surface area contributed by atoms with E-state index in [0.717, 1.165) is 77.5 Å². The molecule has 0 bridgehead atoms. The van der Waals surface area contributed by atoms with Crippen molar-refractivity contribution < 1.29 is 4.42 Å². The number of para-hydroxylation sites is 5. The van der Waals surface area contributed by atoms with Crippen LogP contribution in [0.5, 0.6) is 0 Å². The van der Waals surface area contributed by atoms with Gasteiger partial charge in [-0.15, -0.1) is 0 Å². The van der Waals surface area contributed by atoms with E-state index < -0.39 is 0 Å². The minimum atomic E-state index is 0.290. The van der Waals surface area contributed by atoms with Crippen LogP contribution in [0.4, 0.5) is 17.1 Å². The van der Waals surface area contributed by atoms with Gasteiger partial charge >= 0.3 is 0 Å². The van der Waals surface area contributed by atoms with E-state index in [1.54, 1.807) is 0 Å². The third-order valence-electron chi connectivity index (χ3n) is 11.0. The maximum atomic E-state index is 10.8. The Bertz CT molecular complexity index is 3410. The van der Waals surface area contributed by atoms with Crippen molar-refractivity contribution in [2.24, 2.45) is 0 Å². The van der Waals surface area contributed by atoms with E-state index in [1.807, 2.05) is 78.9 Å². The van der Waals surface area contributed by atoms with Crippen LogP contribution in [0.2, 0.25) is 0 Å². The fraction of sp³-hybridized carbons (Fsp3) is 0. The average molecular weight is 716 g/mol. The highest BCUT2D eigenvalue weighted by atomic mass is 16.3. The molecule has 56 heavy (non-hydrogen) atoms. The van der Waals surface area contributed by atoms with Crippen LogP contribution >= 0.6 is 0 Å². The van der Waals surface area contributed by atoms with E-state index >= 15 is 0 Å². The van der Waals surface area contributed by atoms with Crippen LogP contribution < -0.4 is 4.90 Å². The monoisotopic (exact) mass is 715 g/mol. The van der Waals surface area contributed by atoms with Crippen LogP contribution in [0.3, 0.4) is 0 Å². The summed E-state index contributed by atoms with van der Waals surface area (Å²) in [7, 11) is 0. The first-order valence-corrected chi connectivity index (χ1v) is 18.5. The van der Waals surface area contributed by atoms with Gasteiger partial charge in [0.2, 0.25) is 0 Å². The van der Waals surface area contributed by atoms with Crippen LogP contribution in [0.1, 0.15) is 11.1 Å². The second-order valence-electron chi connectivity index (χ2n) is 14.0. The molecule has 0 fully saturated rings. The quantitative estimate of drug-likeness (QED) is 0.178. The summed E-state index contributed by atoms with van der Waals surface area (Å²) in [5, 5.41) is 28.0. The van der Waals surface area contributed by atoms with E-state index in [-0.39, 0.29) is 0 Å². The Morgan fingerprint density at radius 3 is 1.70 bits per heavy atom. The Morgan fingerprint density at radius 1 is 0.411 bits per heavy atom. The van der Waals surface area contributed by atoms with Gasteiger partial charge in [-0.1, -0.05) is 91.0 Å². The van der Waals surface area contributed by atoms with Crippen molar-refractivity contribution in [2.45, 2.75) is 0 Å². The van der Waals surface area contributed by atoms with Gasteiger partial charge in [0.05, 0.1) is 38.9 Å². The number of aromatic nitrogens is 2. The zero-order valence-electron chi connectivity index (χ0n) is 29.9. The number of hydrogen-bond donors (Lipinski definition) is 0. The van der Waals surface area contributed by atoms with Crippen molar-refractivity contribution in [3.05, 3.63) is 187 Å². The number of rotatable bonds is 5. The van der Waals surface area contributed by atoms with Gasteiger partial charge in [-0.25, -0.2) is 0 Å². The highest BCUT2D eigenvalue weighted by molar-refractivity contribution is 6.12. The molecule has 0 saturated carbocycles. The summed E-state index contributed by atoms with van der Waals surface area (Å²) in [6, 6.07) is 64.8. The zero-order chi connectivity index (χ0) is 37.3. The van der Waals surface area contributed by atoms with Crippen molar-refractivity contribution in [1.29, 1.82) is 10.5 Å². The fourth-order valence-electron chi connectivity index (χ4n) is 8.56. The van der Waals surface area contributed by atoms with Crippen molar-refractivity contribution in [1.82, 2.24) is 9.13 Å². The molecular weight excluding hydrogens is 687 g/mol. The number of hydrogen-bond acceptors (Lipinski definition) is 4. The van der Waals surface area contributed by atoms with Crippen LogP contribution in [0.15, 0.2) is 180 Å². The van der Waals surface area contributed by atoms with Gasteiger partial charge in [0.25, 0.3) is 0 Å². The lowest BCUT2D eigenvalue weighted by Crippen LogP contribution is -2.12. The highest BCUT2D eigenvalue weighted by Crippen LogP contribution is 2.42. The van der Waals surface area contributed by atoms with Gasteiger partial charge in [0, 0.05) is 61.1 Å². The maximum Gasteiger partial charge on any atom is 0.137 e. The maximum absolute atomic E-state index is 10.8. The predicted molar refractivity (Wildman–Crippen MR) is 227 cm³/mol. The standard InChI is InChI=1S/C50H29N5O/c51-30-32-26-36(53(33-12-2-1-3-13-33)35-22-24-41-40-17-7-11-21-49(40)56-50(41)29-35)28-48(43(32)31-52)55-46-20-10-6-16-39(46)42-27-34(23-25-47(42)55)54-44-18-8-4-14-37(44)38-15-5-9-19-45(38)54/h1-29H. The predicted octanol–water partition coefficient (Wildman–Crippen LogP) is 13.0. The Hall–Kier alpha value is -8.06. The molecule has 0 unspecified atom stereocenters. The first-order valence-electron chi connectivity index (χ1n) is 18.5. The first kappa shape index (κ1) is 31.5. The van der Waals surface area contributed by atoms with Gasteiger partial charge in [-0.2, -0.15) is 10.5 Å². The summed E-state index contributed by atoms with van der Waals surface area (Å²) in [5.74, 6) is 0. The van der Waals surface area contributed by atoms with Crippen LogP contribution in [0, 0.1) is 22.7 Å². The SMILES string of the molecule is N#Cc1cc(N(c2ccccc2)c2ccc3c(c2)oc2ccccc23)cc(-n2c3ccccc3c3cc(-n4c5ccccc5c5ccccc54)ccc32)c1C#N. The molecule has 0 spiro atoms. The van der Waals surface area contributed by atoms with Gasteiger partial charge in [-0.3, -0.25) is 0 Å². The molecule has 3 heterocycles. The number of anilines is 3. The van der Waals surface area contributed by atoms with Crippen LogP contribution in [-0.4, -0.2) is 9.13 Å². The van der Waals surface area contributed by atoms with E-state index in [4.69, 9.17) is 4.42 Å². The number of benzene rings is 8. The molecule has 0 aliphatic carbocycles. The summed E-state index contributed by atoms with van der Waals surface area (Å²) in [5.41, 5.74) is 10.5. The summed E-state index contributed by atoms with van der Waals surface area (Å²) in [6.07, 6.45) is 0. The summed E-state index contributed by atoms with van der Waals surface area (Å²) in [6.45, 7) is 0. The van der Waals surface area contributed by atoms with Crippen LogP contribution in [0.25, 0.3) is 76.9 Å². The molecule has 0 N–H and O–H groups in total. The second-order valence-corrected chi connectivity index (χ2v) is 14.0. The second kappa shape index (κ2) is 12.2. The third kappa shape index (κ3) is 4.61. The van der Waals surface area contributed by atoms with E-state index in [0.29, 0.717) is 16.8 Å². The van der Waals surface area contributed by atoms with E-state index in [2.05, 4.69) is 123 Å². The zero-order valence-corrected chi connectivity index (χ0v) is 29.9. The molecule has 11 rings (SSSR count). The topological polar surface area (TPSA) is 73.8 Å². The number of furan rings is 1. The number of nitrogens with zero attached hydrogens (tertiary/aromatic N) is 5. The molecule has 0 aliphatic heterocycles. The Labute approximate surface area is 321 Å². The minimum Gasteiger partial charge on any atom is -0.456 e. The van der Waals surface area contributed by atoms with Crippen molar-refractivity contribution in [3.63, 3.8) is 0 Å². The van der Waals surface area contributed by atoms with Crippen molar-refractivity contribution >= 4 is 82.6 Å². The molecule has 0 saturated heterocycles. The normalized spacial score (nSPS) is 11.5. The number of fused-ring (bicyclic) bond motifs is 9. The minimum absolute atomic E-state index is 0.290. The largest absolute Gasteiger partial charge is 0.456 e. The molecule has 0 atom stereocenters. The van der Waals surface area contributed by atoms with Gasteiger partial charge in [0.15, 0.2) is 0 Å². The molecule has 6 nitrogen and oxygen atoms in total. The highest BCUT2D eigenvalue weighted by Gasteiger charge is 2.23. The first-order chi connectivity index (χ1) is 27.7. The molecule has 0 amide bonds. The lowest BCUT2D eigenvalue weighted by molar-refractivity contribution is 0.669. The molecular formula is C50H29N5O. The summed E-state index contributed by atoms with van der Waals surface area (Å²) >= 11 is 0. The molecule has 0 aliphatic rings. The third-order valence-corrected chi connectivity index (χ3v) is 11.0. The Balaban J connectivity index is 1.16. The van der Waals surface area contributed by atoms with Gasteiger partial charge in [0.1, 0.15) is 23.3 Å². The van der Waals surface area contributed by atoms with Crippen molar-refractivity contribution in [3.8, 4) is 23.5 Å². The molecule has 8 aromatic carbocycles. The van der Waals surface area contributed by atoms with Crippen molar-refractivity contribution in [2.75, 3.05) is 4.90 Å². The molecule has 0 radical (unpaired) electrons. The molecule has 6 heteroatoms. The molecule has 3 aromatic heterocycles. The van der Waals surface area contributed by atoms with Gasteiger partial charge < -0.3 is 18.5 Å². The van der Waals surface area contributed by atoms with E-state index in [1.165, 1.54) is 10.8 Å². The Kier molecular flexibility index (Phi) is 6.88. The molecule has 11 aromatic rings. The van der Waals surface area contributed by atoms with Crippen LogP contribution in [-0.2, 0) is 0 Å².